The van der Waals surface area contributed by atoms with Gasteiger partial charge in [0, 0.05) is 22.9 Å². The van der Waals surface area contributed by atoms with Crippen molar-refractivity contribution < 1.29 is 14.3 Å². The van der Waals surface area contributed by atoms with E-state index in [2.05, 4.69) is 22.8 Å². The molecular weight excluding hydrogens is 525 g/mol. The van der Waals surface area contributed by atoms with E-state index in [1.807, 2.05) is 60.8 Å². The zero-order valence-corrected chi connectivity index (χ0v) is 22.0. The van der Waals surface area contributed by atoms with Gasteiger partial charge in [0.15, 0.2) is 0 Å². The summed E-state index contributed by atoms with van der Waals surface area (Å²) in [4.78, 5) is 24.6. The SMILES string of the molecule is CCCOc1ccc(-c2nn(-c3ccccc3)cc2/C=N/NC(=O)CNC(=O)c2ccc(Cl)c(Cl)c2)cc1. The fourth-order valence-electron chi connectivity index (χ4n) is 3.46. The number of carbonyl (C=O) groups is 2. The van der Waals surface area contributed by atoms with Crippen molar-refractivity contribution in [2.45, 2.75) is 13.3 Å². The van der Waals surface area contributed by atoms with Gasteiger partial charge in [-0.05, 0) is 61.0 Å². The van der Waals surface area contributed by atoms with E-state index >= 15 is 0 Å². The summed E-state index contributed by atoms with van der Waals surface area (Å²) in [6.07, 6.45) is 4.27. The van der Waals surface area contributed by atoms with E-state index in [1.165, 1.54) is 24.4 Å². The Bertz CT molecular complexity index is 1440. The molecule has 0 atom stereocenters. The topological polar surface area (TPSA) is 97.6 Å². The van der Waals surface area contributed by atoms with Gasteiger partial charge in [0.05, 0.1) is 35.1 Å². The number of hydrazone groups is 1. The fraction of sp³-hybridized carbons (Fsp3) is 0.143. The highest BCUT2D eigenvalue weighted by atomic mass is 35.5. The van der Waals surface area contributed by atoms with E-state index in [0.717, 1.165) is 23.4 Å². The number of para-hydroxylation sites is 1. The summed E-state index contributed by atoms with van der Waals surface area (Å²) in [6.45, 7) is 2.43. The summed E-state index contributed by atoms with van der Waals surface area (Å²) in [6, 6.07) is 21.8. The zero-order chi connectivity index (χ0) is 26.9. The fourth-order valence-corrected chi connectivity index (χ4v) is 3.76. The van der Waals surface area contributed by atoms with Crippen molar-refractivity contribution in [3.8, 4) is 22.7 Å². The number of benzene rings is 3. The molecule has 0 unspecified atom stereocenters. The molecule has 10 heteroatoms. The quantitative estimate of drug-likeness (QED) is 0.201. The van der Waals surface area contributed by atoms with Gasteiger partial charge in [-0.3, -0.25) is 9.59 Å². The van der Waals surface area contributed by atoms with Crippen molar-refractivity contribution in [1.29, 1.82) is 0 Å². The molecule has 4 rings (SSSR count). The normalized spacial score (nSPS) is 10.9. The van der Waals surface area contributed by atoms with Gasteiger partial charge >= 0.3 is 0 Å². The van der Waals surface area contributed by atoms with Gasteiger partial charge in [-0.25, -0.2) is 10.1 Å². The van der Waals surface area contributed by atoms with E-state index < -0.39 is 11.8 Å². The molecule has 8 nitrogen and oxygen atoms in total. The Morgan fingerprint density at radius 3 is 2.50 bits per heavy atom. The molecule has 2 amide bonds. The van der Waals surface area contributed by atoms with Crippen molar-refractivity contribution in [2.75, 3.05) is 13.2 Å². The highest BCUT2D eigenvalue weighted by Gasteiger charge is 2.13. The van der Waals surface area contributed by atoms with Crippen LogP contribution < -0.4 is 15.5 Å². The Labute approximate surface area is 230 Å². The number of aromatic nitrogens is 2. The van der Waals surface area contributed by atoms with Crippen LogP contribution in [0.3, 0.4) is 0 Å². The Hall–Kier alpha value is -4.14. The molecule has 194 valence electrons. The third kappa shape index (κ3) is 7.00. The lowest BCUT2D eigenvalue weighted by atomic mass is 10.1. The van der Waals surface area contributed by atoms with E-state index in [-0.39, 0.29) is 11.6 Å². The van der Waals surface area contributed by atoms with Gasteiger partial charge in [-0.15, -0.1) is 0 Å². The van der Waals surface area contributed by atoms with Crippen molar-refractivity contribution in [3.05, 3.63) is 100 Å². The van der Waals surface area contributed by atoms with Crippen molar-refractivity contribution in [1.82, 2.24) is 20.5 Å². The minimum atomic E-state index is -0.496. The van der Waals surface area contributed by atoms with Gasteiger partial charge in [0.25, 0.3) is 11.8 Å². The minimum Gasteiger partial charge on any atom is -0.494 e. The predicted molar refractivity (Wildman–Crippen MR) is 149 cm³/mol. The molecule has 2 N–H and O–H groups in total. The van der Waals surface area contributed by atoms with Crippen LogP contribution >= 0.6 is 23.2 Å². The number of nitrogens with one attached hydrogen (secondary N) is 2. The van der Waals surface area contributed by atoms with Gasteiger partial charge in [-0.1, -0.05) is 48.3 Å². The molecule has 0 aliphatic carbocycles. The highest BCUT2D eigenvalue weighted by Crippen LogP contribution is 2.25. The molecule has 38 heavy (non-hydrogen) atoms. The van der Waals surface area contributed by atoms with Gasteiger partial charge < -0.3 is 10.1 Å². The number of hydrogen-bond acceptors (Lipinski definition) is 5. The Balaban J connectivity index is 1.45. The van der Waals surface area contributed by atoms with E-state index in [9.17, 15) is 9.59 Å². The smallest absolute Gasteiger partial charge is 0.259 e. The second-order valence-electron chi connectivity index (χ2n) is 8.19. The number of hydrogen-bond donors (Lipinski definition) is 2. The maximum absolute atomic E-state index is 12.3. The average Bonchev–Trinajstić information content (AvgIpc) is 3.37. The lowest BCUT2D eigenvalue weighted by molar-refractivity contribution is -0.120. The first-order chi connectivity index (χ1) is 18.4. The molecule has 1 heterocycles. The Kier molecular flexibility index (Phi) is 9.13. The molecule has 3 aromatic carbocycles. The van der Waals surface area contributed by atoms with E-state index in [0.29, 0.717) is 28.5 Å². The van der Waals surface area contributed by atoms with Crippen LogP contribution in [0.4, 0.5) is 0 Å². The van der Waals surface area contributed by atoms with Crippen LogP contribution in [0.5, 0.6) is 5.75 Å². The van der Waals surface area contributed by atoms with Crippen molar-refractivity contribution in [2.24, 2.45) is 5.10 Å². The number of carbonyl (C=O) groups excluding carboxylic acids is 2. The largest absolute Gasteiger partial charge is 0.494 e. The number of halogens is 2. The molecule has 0 saturated carbocycles. The second kappa shape index (κ2) is 12.9. The van der Waals surface area contributed by atoms with Crippen molar-refractivity contribution in [3.63, 3.8) is 0 Å². The first-order valence-corrected chi connectivity index (χ1v) is 12.6. The zero-order valence-electron chi connectivity index (χ0n) is 20.5. The van der Waals surface area contributed by atoms with Gasteiger partial charge in [0.1, 0.15) is 11.4 Å². The van der Waals surface area contributed by atoms with Crippen LogP contribution in [0.1, 0.15) is 29.3 Å². The van der Waals surface area contributed by atoms with Crippen molar-refractivity contribution >= 4 is 41.2 Å². The standard InChI is InChI=1S/C28H25Cl2N5O3/c1-2-14-38-23-11-8-19(9-12-23)27-21(18-35(34-27)22-6-4-3-5-7-22)16-32-33-26(36)17-31-28(37)20-10-13-24(29)25(30)15-20/h3-13,15-16,18H,2,14,17H2,1H3,(H,31,37)(H,33,36)/b32-16+. The summed E-state index contributed by atoms with van der Waals surface area (Å²) < 4.78 is 7.43. The van der Waals surface area contributed by atoms with Crippen LogP contribution in [-0.2, 0) is 4.79 Å². The molecule has 0 bridgehead atoms. The maximum Gasteiger partial charge on any atom is 0.259 e. The highest BCUT2D eigenvalue weighted by molar-refractivity contribution is 6.42. The third-order valence-corrected chi connectivity index (χ3v) is 6.09. The minimum absolute atomic E-state index is 0.253. The molecule has 4 aromatic rings. The summed E-state index contributed by atoms with van der Waals surface area (Å²) in [7, 11) is 0. The predicted octanol–water partition coefficient (Wildman–Crippen LogP) is 5.52. The first-order valence-electron chi connectivity index (χ1n) is 11.9. The number of amides is 2. The Morgan fingerprint density at radius 1 is 1.03 bits per heavy atom. The van der Waals surface area contributed by atoms with Gasteiger partial charge in [-0.2, -0.15) is 10.2 Å². The van der Waals surface area contributed by atoms with Crippen LogP contribution in [-0.4, -0.2) is 41.0 Å². The summed E-state index contributed by atoms with van der Waals surface area (Å²) >= 11 is 11.8. The molecular formula is C28H25Cl2N5O3. The lowest BCUT2D eigenvalue weighted by Crippen LogP contribution is -2.34. The number of nitrogens with zero attached hydrogens (tertiary/aromatic N) is 3. The first kappa shape index (κ1) is 26.9. The molecule has 0 aliphatic rings. The van der Waals surface area contributed by atoms with Crippen LogP contribution in [0.2, 0.25) is 10.0 Å². The summed E-state index contributed by atoms with van der Waals surface area (Å²) in [5, 5.41) is 11.9. The third-order valence-electron chi connectivity index (χ3n) is 5.35. The molecule has 0 radical (unpaired) electrons. The summed E-state index contributed by atoms with van der Waals surface area (Å²) in [5.41, 5.74) is 5.84. The number of ether oxygens (including phenoxy) is 1. The molecule has 1 aromatic heterocycles. The molecule has 0 spiro atoms. The van der Waals surface area contributed by atoms with Crippen LogP contribution in [0.25, 0.3) is 16.9 Å². The molecule has 0 aliphatic heterocycles. The molecule has 0 saturated heterocycles. The van der Waals surface area contributed by atoms with Crippen LogP contribution in [0.15, 0.2) is 84.1 Å². The average molecular weight is 550 g/mol. The van der Waals surface area contributed by atoms with E-state index in [1.54, 1.807) is 4.68 Å². The van der Waals surface area contributed by atoms with Gasteiger partial charge in [0.2, 0.25) is 0 Å². The van der Waals surface area contributed by atoms with E-state index in [4.69, 9.17) is 33.0 Å². The maximum atomic E-state index is 12.3. The Morgan fingerprint density at radius 2 is 1.79 bits per heavy atom. The monoisotopic (exact) mass is 549 g/mol. The second-order valence-corrected chi connectivity index (χ2v) is 9.01. The molecule has 0 fully saturated rings. The van der Waals surface area contributed by atoms with Crippen LogP contribution in [0, 0.1) is 0 Å². The lowest BCUT2D eigenvalue weighted by Gasteiger charge is -2.06. The number of rotatable bonds is 10. The summed E-state index contributed by atoms with van der Waals surface area (Å²) in [5.74, 6) is -0.173.